The second kappa shape index (κ2) is 14.2. The zero-order valence-corrected chi connectivity index (χ0v) is 14.6. The summed E-state index contributed by atoms with van der Waals surface area (Å²) in [5.74, 6) is 0.584. The third kappa shape index (κ3) is 13.9. The maximum Gasteiger partial charge on any atom is 0.333 e. The second-order valence-corrected chi connectivity index (χ2v) is 6.43. The van der Waals surface area contributed by atoms with Crippen molar-refractivity contribution < 1.29 is 9.53 Å². The molecule has 0 saturated heterocycles. The molecule has 124 valence electrons. The molecule has 0 saturated carbocycles. The topological polar surface area (TPSA) is 26.3 Å². The van der Waals surface area contributed by atoms with Crippen molar-refractivity contribution in [3.63, 3.8) is 0 Å². The number of esters is 1. The lowest BCUT2D eigenvalue weighted by Gasteiger charge is -2.11. The van der Waals surface area contributed by atoms with Crippen LogP contribution in [0.5, 0.6) is 0 Å². The molecule has 0 spiro atoms. The lowest BCUT2D eigenvalue weighted by Crippen LogP contribution is -2.06. The van der Waals surface area contributed by atoms with Crippen molar-refractivity contribution in [1.82, 2.24) is 0 Å². The number of hydrogen-bond acceptors (Lipinski definition) is 2. The normalized spacial score (nSPS) is 12.1. The predicted molar refractivity (Wildman–Crippen MR) is 91.4 cm³/mol. The van der Waals surface area contributed by atoms with Gasteiger partial charge in [-0.2, -0.15) is 0 Å². The predicted octanol–water partition coefficient (Wildman–Crippen LogP) is 6.05. The highest BCUT2D eigenvalue weighted by atomic mass is 16.5. The van der Waals surface area contributed by atoms with Gasteiger partial charge >= 0.3 is 5.97 Å². The third-order valence-corrected chi connectivity index (χ3v) is 3.97. The highest BCUT2D eigenvalue weighted by Crippen LogP contribution is 2.17. The van der Waals surface area contributed by atoms with Crippen LogP contribution in [0.4, 0.5) is 0 Å². The molecular formula is C19H36O2. The Morgan fingerprint density at radius 1 is 0.952 bits per heavy atom. The Balaban J connectivity index is 3.28. The van der Waals surface area contributed by atoms with E-state index in [9.17, 15) is 4.79 Å². The van der Waals surface area contributed by atoms with Crippen molar-refractivity contribution in [2.45, 2.75) is 91.4 Å². The van der Waals surface area contributed by atoms with E-state index in [2.05, 4.69) is 20.4 Å². The summed E-state index contributed by atoms with van der Waals surface area (Å²) in [5.41, 5.74) is 0.488. The maximum absolute atomic E-state index is 11.2. The molecular weight excluding hydrogens is 260 g/mol. The molecule has 0 amide bonds. The number of unbranched alkanes of at least 4 members (excludes halogenated alkanes) is 7. The molecule has 0 heterocycles. The molecule has 1 atom stereocenters. The number of ether oxygens (including phenoxy) is 1. The zero-order chi connectivity index (χ0) is 15.9. The first-order valence-electron chi connectivity index (χ1n) is 8.90. The van der Waals surface area contributed by atoms with Crippen molar-refractivity contribution in [2.75, 3.05) is 6.61 Å². The smallest absolute Gasteiger partial charge is 0.333 e. The summed E-state index contributed by atoms with van der Waals surface area (Å²) >= 11 is 0. The average Bonchev–Trinajstić information content (AvgIpc) is 2.45. The summed E-state index contributed by atoms with van der Waals surface area (Å²) in [7, 11) is 0. The summed E-state index contributed by atoms with van der Waals surface area (Å²) in [5, 5.41) is 0. The SMILES string of the molecule is C=C(C)C(=O)OCCCCCC(C)CCCCCCCC. The summed E-state index contributed by atoms with van der Waals surface area (Å²) in [6.07, 6.45) is 14.4. The summed E-state index contributed by atoms with van der Waals surface area (Å²) < 4.78 is 5.08. The van der Waals surface area contributed by atoms with Gasteiger partial charge in [-0.3, -0.25) is 0 Å². The molecule has 0 fully saturated rings. The molecule has 2 heteroatoms. The van der Waals surface area contributed by atoms with E-state index in [0.29, 0.717) is 12.2 Å². The summed E-state index contributed by atoms with van der Waals surface area (Å²) in [6.45, 7) is 10.4. The third-order valence-electron chi connectivity index (χ3n) is 3.97. The minimum absolute atomic E-state index is 0.258. The van der Waals surface area contributed by atoms with Crippen molar-refractivity contribution in [2.24, 2.45) is 5.92 Å². The summed E-state index contributed by atoms with van der Waals surface area (Å²) in [6, 6.07) is 0. The Hall–Kier alpha value is -0.790. The van der Waals surface area contributed by atoms with Crippen LogP contribution in [0, 0.1) is 5.92 Å². The van der Waals surface area contributed by atoms with E-state index in [-0.39, 0.29) is 5.97 Å². The highest BCUT2D eigenvalue weighted by Gasteiger charge is 2.04. The Morgan fingerprint density at radius 2 is 1.48 bits per heavy atom. The van der Waals surface area contributed by atoms with Crippen LogP contribution in [0.1, 0.15) is 91.4 Å². The van der Waals surface area contributed by atoms with Crippen LogP contribution in [-0.2, 0) is 9.53 Å². The Kier molecular flexibility index (Phi) is 13.6. The van der Waals surface area contributed by atoms with E-state index in [4.69, 9.17) is 4.74 Å². The van der Waals surface area contributed by atoms with Gasteiger partial charge in [-0.05, 0) is 19.3 Å². The molecule has 0 aromatic rings. The van der Waals surface area contributed by atoms with Gasteiger partial charge < -0.3 is 4.74 Å². The van der Waals surface area contributed by atoms with E-state index in [0.717, 1.165) is 18.8 Å². The lowest BCUT2D eigenvalue weighted by molar-refractivity contribution is -0.139. The van der Waals surface area contributed by atoms with Gasteiger partial charge in [0, 0.05) is 5.57 Å². The Morgan fingerprint density at radius 3 is 2.05 bits per heavy atom. The quantitative estimate of drug-likeness (QED) is 0.221. The van der Waals surface area contributed by atoms with Crippen molar-refractivity contribution in [3.8, 4) is 0 Å². The van der Waals surface area contributed by atoms with Gasteiger partial charge in [0.05, 0.1) is 6.61 Å². The van der Waals surface area contributed by atoms with Crippen LogP contribution in [0.3, 0.4) is 0 Å². The van der Waals surface area contributed by atoms with Gasteiger partial charge in [-0.15, -0.1) is 0 Å². The largest absolute Gasteiger partial charge is 0.462 e. The molecule has 0 rings (SSSR count). The molecule has 0 aliphatic rings. The number of rotatable bonds is 14. The van der Waals surface area contributed by atoms with Gasteiger partial charge in [-0.1, -0.05) is 84.6 Å². The van der Waals surface area contributed by atoms with Gasteiger partial charge in [-0.25, -0.2) is 4.79 Å². The average molecular weight is 296 g/mol. The molecule has 0 aliphatic heterocycles. The van der Waals surface area contributed by atoms with Crippen molar-refractivity contribution >= 4 is 5.97 Å². The first-order chi connectivity index (χ1) is 10.1. The van der Waals surface area contributed by atoms with Crippen LogP contribution in [-0.4, -0.2) is 12.6 Å². The molecule has 0 aromatic heterocycles. The minimum Gasteiger partial charge on any atom is -0.462 e. The first kappa shape index (κ1) is 20.2. The standard InChI is InChI=1S/C19H36O2/c1-5-6-7-8-9-11-14-18(4)15-12-10-13-16-21-19(20)17(2)3/h18H,2,5-16H2,1,3-4H3. The van der Waals surface area contributed by atoms with Gasteiger partial charge in [0.1, 0.15) is 0 Å². The Labute approximate surface area is 132 Å². The van der Waals surface area contributed by atoms with Crippen LogP contribution < -0.4 is 0 Å². The first-order valence-corrected chi connectivity index (χ1v) is 8.90. The number of carbonyl (C=O) groups is 1. The van der Waals surface area contributed by atoms with Crippen LogP contribution in [0.25, 0.3) is 0 Å². The Bertz CT molecular complexity index is 271. The van der Waals surface area contributed by atoms with Crippen molar-refractivity contribution in [3.05, 3.63) is 12.2 Å². The van der Waals surface area contributed by atoms with Gasteiger partial charge in [0.2, 0.25) is 0 Å². The highest BCUT2D eigenvalue weighted by molar-refractivity contribution is 5.86. The van der Waals surface area contributed by atoms with Gasteiger partial charge in [0.15, 0.2) is 0 Å². The molecule has 2 nitrogen and oxygen atoms in total. The minimum atomic E-state index is -0.258. The van der Waals surface area contributed by atoms with E-state index < -0.39 is 0 Å². The van der Waals surface area contributed by atoms with Crippen LogP contribution in [0.15, 0.2) is 12.2 Å². The molecule has 0 N–H and O–H groups in total. The van der Waals surface area contributed by atoms with Crippen molar-refractivity contribution in [1.29, 1.82) is 0 Å². The van der Waals surface area contributed by atoms with E-state index in [1.807, 2.05) is 0 Å². The molecule has 0 bridgehead atoms. The van der Waals surface area contributed by atoms with Crippen LogP contribution in [0.2, 0.25) is 0 Å². The zero-order valence-electron chi connectivity index (χ0n) is 14.6. The molecule has 0 aliphatic carbocycles. The molecule has 1 unspecified atom stereocenters. The second-order valence-electron chi connectivity index (χ2n) is 6.43. The molecule has 21 heavy (non-hydrogen) atoms. The number of carbonyl (C=O) groups excluding carboxylic acids is 1. The van der Waals surface area contributed by atoms with Gasteiger partial charge in [0.25, 0.3) is 0 Å². The lowest BCUT2D eigenvalue weighted by atomic mass is 9.96. The van der Waals surface area contributed by atoms with E-state index >= 15 is 0 Å². The van der Waals surface area contributed by atoms with E-state index in [1.54, 1.807) is 6.92 Å². The fourth-order valence-corrected chi connectivity index (χ4v) is 2.48. The number of hydrogen-bond donors (Lipinski definition) is 0. The fraction of sp³-hybridized carbons (Fsp3) is 0.842. The monoisotopic (exact) mass is 296 g/mol. The summed E-state index contributed by atoms with van der Waals surface area (Å²) in [4.78, 5) is 11.2. The maximum atomic E-state index is 11.2. The fourth-order valence-electron chi connectivity index (χ4n) is 2.48. The van der Waals surface area contributed by atoms with Crippen LogP contribution >= 0.6 is 0 Å². The van der Waals surface area contributed by atoms with E-state index in [1.165, 1.54) is 57.8 Å². The molecule has 0 aromatic carbocycles. The molecule has 0 radical (unpaired) electrons.